The largest absolute Gasteiger partial charge is 0.573 e. The maximum absolute atomic E-state index is 14.9. The number of benzene rings is 2. The molecule has 3 saturated heterocycles. The number of hydrogen-bond donors (Lipinski definition) is 0. The van der Waals surface area contributed by atoms with Gasteiger partial charge in [-0.05, 0) is 82.6 Å². The van der Waals surface area contributed by atoms with Gasteiger partial charge in [-0.1, -0.05) is 6.92 Å². The molecule has 1 aromatic heterocycles. The first-order chi connectivity index (χ1) is 23.4. The molecule has 0 amide bonds. The van der Waals surface area contributed by atoms with Crippen LogP contribution in [0.1, 0.15) is 39.5 Å². The third-order valence-corrected chi connectivity index (χ3v) is 11.8. The van der Waals surface area contributed by atoms with E-state index in [4.69, 9.17) is 4.74 Å². The van der Waals surface area contributed by atoms with Gasteiger partial charge in [-0.2, -0.15) is 0 Å². The van der Waals surface area contributed by atoms with Crippen molar-refractivity contribution < 1.29 is 39.8 Å². The Morgan fingerprint density at radius 1 is 0.837 bits per heavy atom. The van der Waals surface area contributed by atoms with Gasteiger partial charge in [-0.3, -0.25) is 14.8 Å². The van der Waals surface area contributed by atoms with Crippen molar-refractivity contribution in [3.8, 4) is 11.5 Å². The summed E-state index contributed by atoms with van der Waals surface area (Å²) >= 11 is 0. The molecular weight excluding hydrogens is 669 g/mol. The molecule has 0 N–H and O–H groups in total. The Balaban J connectivity index is 1.26. The Kier molecular flexibility index (Phi) is 10.5. The molecule has 0 aliphatic carbocycles. The van der Waals surface area contributed by atoms with Gasteiger partial charge in [0.1, 0.15) is 10.6 Å². The lowest BCUT2D eigenvalue weighted by Crippen LogP contribution is -2.56. The van der Waals surface area contributed by atoms with Crippen LogP contribution in [0.15, 0.2) is 46.3 Å². The molecule has 0 saturated carbocycles. The van der Waals surface area contributed by atoms with Crippen molar-refractivity contribution >= 4 is 26.4 Å². The molecule has 268 valence electrons. The number of alkyl halides is 3. The Morgan fingerprint density at radius 3 is 1.94 bits per heavy atom. The lowest BCUT2D eigenvalue weighted by atomic mass is 9.99. The normalized spacial score (nSPS) is 19.9. The maximum atomic E-state index is 14.9. The quantitative estimate of drug-likeness (QED) is 0.260. The number of rotatable bonds is 9. The summed E-state index contributed by atoms with van der Waals surface area (Å²) < 4.78 is 107. The van der Waals surface area contributed by atoms with Crippen LogP contribution in [0.5, 0.6) is 11.5 Å². The van der Waals surface area contributed by atoms with Gasteiger partial charge in [-0.25, -0.2) is 17.2 Å². The number of ether oxygens (including phenoxy) is 2. The van der Waals surface area contributed by atoms with Crippen LogP contribution in [0, 0.1) is 11.6 Å². The van der Waals surface area contributed by atoms with Crippen LogP contribution in [0.2, 0.25) is 0 Å². The van der Waals surface area contributed by atoms with Gasteiger partial charge in [-0.15, -0.1) is 13.2 Å². The molecule has 0 bridgehead atoms. The van der Waals surface area contributed by atoms with Crippen molar-refractivity contribution in [1.29, 1.82) is 0 Å². The summed E-state index contributed by atoms with van der Waals surface area (Å²) in [7, 11) is -4.61. The van der Waals surface area contributed by atoms with Crippen LogP contribution >= 0.6 is 0 Å². The van der Waals surface area contributed by atoms with Crippen molar-refractivity contribution in [2.24, 2.45) is 0 Å². The first-order valence-corrected chi connectivity index (χ1v) is 18.4. The standard InChI is InChI=1S/C34H42F5N5O4S/c1-3-41-11-7-23(8-12-41)42-15-17-43(18-16-42)24-9-13-44(14-10-24)32-27-19-25(48-34(37,38)39)5-6-30(27)40-22-31(32)49(45,46)26-20-28(35)33(47-4-2)29(36)21-26/h5-6,19-24H,3-4,7-18H2,1-2H3. The Hall–Kier alpha value is -3.27. The average molecular weight is 712 g/mol. The van der Waals surface area contributed by atoms with E-state index in [0.717, 1.165) is 64.1 Å². The van der Waals surface area contributed by atoms with E-state index in [1.54, 1.807) is 0 Å². The lowest BCUT2D eigenvalue weighted by Gasteiger charge is -2.46. The van der Waals surface area contributed by atoms with Gasteiger partial charge >= 0.3 is 6.36 Å². The van der Waals surface area contributed by atoms with Crippen molar-refractivity contribution in [3.05, 3.63) is 48.2 Å². The summed E-state index contributed by atoms with van der Waals surface area (Å²) in [5.41, 5.74) is 0.365. The first-order valence-electron chi connectivity index (χ1n) is 16.9. The number of aromatic nitrogens is 1. The molecule has 15 heteroatoms. The predicted molar refractivity (Wildman–Crippen MR) is 175 cm³/mol. The van der Waals surface area contributed by atoms with E-state index >= 15 is 0 Å². The average Bonchev–Trinajstić information content (AvgIpc) is 3.08. The summed E-state index contributed by atoms with van der Waals surface area (Å²) in [5.74, 6) is -3.62. The number of likely N-dealkylation sites (tertiary alicyclic amines) is 1. The van der Waals surface area contributed by atoms with Gasteiger partial charge in [0.05, 0.1) is 22.7 Å². The van der Waals surface area contributed by atoms with E-state index in [2.05, 4.69) is 31.3 Å². The summed E-state index contributed by atoms with van der Waals surface area (Å²) in [6.07, 6.45) is -0.115. The molecule has 49 heavy (non-hydrogen) atoms. The van der Waals surface area contributed by atoms with E-state index < -0.39 is 44.2 Å². The number of piperidine rings is 2. The SMILES string of the molecule is CCOc1c(F)cc(S(=O)(=O)c2cnc3ccc(OC(F)(F)F)cc3c2N2CCC(N3CCN(C4CCN(CC)CC4)CC3)CC2)cc1F. The number of sulfone groups is 1. The summed E-state index contributed by atoms with van der Waals surface area (Å²) in [6.45, 7) is 11.7. The minimum atomic E-state index is -4.97. The zero-order valence-corrected chi connectivity index (χ0v) is 28.5. The molecule has 3 fully saturated rings. The molecule has 3 aliphatic rings. The van der Waals surface area contributed by atoms with Crippen LogP contribution in [-0.4, -0.2) is 112 Å². The van der Waals surface area contributed by atoms with Gasteiger partial charge < -0.3 is 19.3 Å². The third kappa shape index (κ3) is 7.74. The van der Waals surface area contributed by atoms with Crippen molar-refractivity contribution in [2.45, 2.75) is 67.8 Å². The number of piperazine rings is 1. The fraction of sp³-hybridized carbons (Fsp3) is 0.559. The molecule has 9 nitrogen and oxygen atoms in total. The number of nitrogens with zero attached hydrogens (tertiary/aromatic N) is 5. The predicted octanol–water partition coefficient (Wildman–Crippen LogP) is 5.71. The molecule has 6 rings (SSSR count). The summed E-state index contributed by atoms with van der Waals surface area (Å²) in [4.78, 5) is 12.6. The molecule has 0 atom stereocenters. The smallest absolute Gasteiger partial charge is 0.488 e. The zero-order valence-electron chi connectivity index (χ0n) is 27.7. The monoisotopic (exact) mass is 711 g/mol. The Labute approximate surface area is 283 Å². The second-order valence-corrected chi connectivity index (χ2v) is 14.7. The van der Waals surface area contributed by atoms with Crippen LogP contribution in [0.3, 0.4) is 0 Å². The van der Waals surface area contributed by atoms with Gasteiger partial charge in [0.2, 0.25) is 9.84 Å². The van der Waals surface area contributed by atoms with E-state index in [9.17, 15) is 30.4 Å². The molecule has 0 spiro atoms. The van der Waals surface area contributed by atoms with Crippen molar-refractivity contribution in [3.63, 3.8) is 0 Å². The second-order valence-electron chi connectivity index (χ2n) is 12.8. The highest BCUT2D eigenvalue weighted by atomic mass is 32.2. The highest BCUT2D eigenvalue weighted by molar-refractivity contribution is 7.91. The van der Waals surface area contributed by atoms with Crippen molar-refractivity contribution in [2.75, 3.05) is 70.4 Å². The van der Waals surface area contributed by atoms with Crippen molar-refractivity contribution in [1.82, 2.24) is 19.7 Å². The van der Waals surface area contributed by atoms with E-state index in [0.29, 0.717) is 44.1 Å². The van der Waals surface area contributed by atoms with E-state index in [1.807, 2.05) is 4.90 Å². The van der Waals surface area contributed by atoms with Crippen LogP contribution in [0.4, 0.5) is 27.6 Å². The van der Waals surface area contributed by atoms with Crippen LogP contribution < -0.4 is 14.4 Å². The fourth-order valence-corrected chi connectivity index (χ4v) is 8.94. The minimum Gasteiger partial charge on any atom is -0.488 e. The fourth-order valence-electron chi connectivity index (χ4n) is 7.48. The molecule has 2 aromatic carbocycles. The number of anilines is 1. The third-order valence-electron chi connectivity index (χ3n) is 10.0. The zero-order chi connectivity index (χ0) is 34.9. The highest BCUT2D eigenvalue weighted by Gasteiger charge is 2.35. The summed E-state index contributed by atoms with van der Waals surface area (Å²) in [5, 5.41) is 0.121. The Bertz CT molecular complexity index is 1710. The molecule has 0 radical (unpaired) electrons. The second kappa shape index (κ2) is 14.5. The summed E-state index contributed by atoms with van der Waals surface area (Å²) in [6, 6.07) is 5.77. The Morgan fingerprint density at radius 2 is 1.41 bits per heavy atom. The molecular formula is C34H42F5N5O4S. The molecule has 3 aliphatic heterocycles. The number of pyridine rings is 1. The van der Waals surface area contributed by atoms with Gasteiger partial charge in [0.15, 0.2) is 17.4 Å². The number of halogens is 5. The minimum absolute atomic E-state index is 0.0366. The van der Waals surface area contributed by atoms with Crippen LogP contribution in [0.25, 0.3) is 10.9 Å². The number of fused-ring (bicyclic) bond motifs is 1. The topological polar surface area (TPSA) is 78.4 Å². The lowest BCUT2D eigenvalue weighted by molar-refractivity contribution is -0.274. The van der Waals surface area contributed by atoms with E-state index in [-0.39, 0.29) is 34.1 Å². The van der Waals surface area contributed by atoms with Gasteiger partial charge in [0.25, 0.3) is 0 Å². The maximum Gasteiger partial charge on any atom is 0.573 e. The molecule has 0 unspecified atom stereocenters. The first kappa shape index (κ1) is 35.6. The molecule has 3 aromatic rings. The van der Waals surface area contributed by atoms with E-state index in [1.165, 1.54) is 25.8 Å². The number of hydrogen-bond acceptors (Lipinski definition) is 9. The van der Waals surface area contributed by atoms with Gasteiger partial charge in [0, 0.05) is 62.9 Å². The van der Waals surface area contributed by atoms with Crippen LogP contribution in [-0.2, 0) is 9.84 Å². The molecule has 4 heterocycles. The highest BCUT2D eigenvalue weighted by Crippen LogP contribution is 2.40.